The van der Waals surface area contributed by atoms with Crippen molar-refractivity contribution in [2.24, 2.45) is 0 Å². The van der Waals surface area contributed by atoms with Gasteiger partial charge in [-0.05, 0) is 24.5 Å². The van der Waals surface area contributed by atoms with Crippen molar-refractivity contribution >= 4 is 11.6 Å². The number of anilines is 1. The summed E-state index contributed by atoms with van der Waals surface area (Å²) in [6, 6.07) is 8.41. The molecule has 1 N–H and O–H groups in total. The predicted molar refractivity (Wildman–Crippen MR) is 81.3 cm³/mol. The Bertz CT molecular complexity index is 639. The predicted octanol–water partition coefficient (Wildman–Crippen LogP) is 3.43. The Balaban J connectivity index is 2.07. The molecule has 0 fully saturated rings. The molecule has 1 aromatic carbocycles. The number of hydrogen-bond acceptors (Lipinski definition) is 5. The van der Waals surface area contributed by atoms with E-state index in [4.69, 9.17) is 0 Å². The number of rotatable bonds is 5. The van der Waals surface area contributed by atoms with Crippen LogP contribution >= 0.6 is 0 Å². The molecular weight excluding hydrogens is 268 g/mol. The lowest BCUT2D eigenvalue weighted by molar-refractivity contribution is -0.384. The zero-order valence-electron chi connectivity index (χ0n) is 12.3. The topological polar surface area (TPSA) is 81.0 Å². The van der Waals surface area contributed by atoms with Crippen LogP contribution in [-0.2, 0) is 6.54 Å². The first-order valence-electron chi connectivity index (χ1n) is 6.78. The van der Waals surface area contributed by atoms with E-state index in [0.717, 1.165) is 17.0 Å². The summed E-state index contributed by atoms with van der Waals surface area (Å²) >= 11 is 0. The van der Waals surface area contributed by atoms with Crippen molar-refractivity contribution in [3.63, 3.8) is 0 Å². The fourth-order valence-corrected chi connectivity index (χ4v) is 1.88. The minimum absolute atomic E-state index is 0.0904. The molecule has 0 aliphatic rings. The molecule has 0 radical (unpaired) electrons. The molecule has 2 aromatic rings. The minimum atomic E-state index is -0.407. The van der Waals surface area contributed by atoms with Gasteiger partial charge in [0.15, 0.2) is 0 Å². The molecule has 1 heterocycles. The smallest absolute Gasteiger partial charge is 0.269 e. The van der Waals surface area contributed by atoms with Gasteiger partial charge in [-0.1, -0.05) is 26.0 Å². The van der Waals surface area contributed by atoms with E-state index in [9.17, 15) is 10.1 Å². The maximum absolute atomic E-state index is 10.6. The first-order chi connectivity index (χ1) is 9.95. The van der Waals surface area contributed by atoms with Gasteiger partial charge in [-0.25, -0.2) is 9.97 Å². The second-order valence-corrected chi connectivity index (χ2v) is 5.19. The number of nitrogens with one attached hydrogen (secondary N) is 1. The van der Waals surface area contributed by atoms with Crippen LogP contribution in [0.1, 0.15) is 36.7 Å². The molecule has 0 atom stereocenters. The molecule has 0 amide bonds. The van der Waals surface area contributed by atoms with Crippen LogP contribution in [0.3, 0.4) is 0 Å². The maximum Gasteiger partial charge on any atom is 0.269 e. The van der Waals surface area contributed by atoms with Crippen LogP contribution in [0.25, 0.3) is 0 Å². The molecule has 0 bridgehead atoms. The molecule has 0 aliphatic heterocycles. The number of nitrogens with zero attached hydrogens (tertiary/aromatic N) is 3. The van der Waals surface area contributed by atoms with Crippen LogP contribution in [0.4, 0.5) is 11.6 Å². The third-order valence-corrected chi connectivity index (χ3v) is 3.06. The van der Waals surface area contributed by atoms with Gasteiger partial charge in [0.05, 0.1) is 4.92 Å². The number of hydrogen-bond donors (Lipinski definition) is 1. The van der Waals surface area contributed by atoms with E-state index in [-0.39, 0.29) is 5.69 Å². The van der Waals surface area contributed by atoms with E-state index < -0.39 is 4.92 Å². The van der Waals surface area contributed by atoms with Crippen LogP contribution in [0.5, 0.6) is 0 Å². The van der Waals surface area contributed by atoms with Crippen molar-refractivity contribution < 1.29 is 4.92 Å². The van der Waals surface area contributed by atoms with Gasteiger partial charge in [0.1, 0.15) is 0 Å². The van der Waals surface area contributed by atoms with Gasteiger partial charge in [0.25, 0.3) is 5.69 Å². The average Bonchev–Trinajstić information content (AvgIpc) is 2.45. The Morgan fingerprint density at radius 3 is 2.48 bits per heavy atom. The summed E-state index contributed by atoms with van der Waals surface area (Å²) in [4.78, 5) is 19.0. The summed E-state index contributed by atoms with van der Waals surface area (Å²) in [6.07, 6.45) is 0. The molecule has 0 spiro atoms. The Hall–Kier alpha value is -2.50. The van der Waals surface area contributed by atoms with Crippen molar-refractivity contribution in [1.82, 2.24) is 9.97 Å². The highest BCUT2D eigenvalue weighted by Gasteiger charge is 2.07. The van der Waals surface area contributed by atoms with E-state index in [1.54, 1.807) is 12.1 Å². The molecule has 110 valence electrons. The second-order valence-electron chi connectivity index (χ2n) is 5.19. The van der Waals surface area contributed by atoms with E-state index in [0.29, 0.717) is 18.4 Å². The van der Waals surface area contributed by atoms with E-state index in [1.165, 1.54) is 12.1 Å². The molecule has 6 heteroatoms. The number of benzene rings is 1. The molecule has 2 rings (SSSR count). The Kier molecular flexibility index (Phi) is 4.47. The Morgan fingerprint density at radius 1 is 1.24 bits per heavy atom. The van der Waals surface area contributed by atoms with Crippen LogP contribution in [0.15, 0.2) is 30.3 Å². The number of aromatic nitrogens is 2. The summed E-state index contributed by atoms with van der Waals surface area (Å²) in [5.74, 6) is 0.920. The van der Waals surface area contributed by atoms with Gasteiger partial charge in [0, 0.05) is 30.1 Å². The van der Waals surface area contributed by atoms with Crippen LogP contribution in [0.2, 0.25) is 0 Å². The third kappa shape index (κ3) is 3.98. The molecule has 6 nitrogen and oxygen atoms in total. The monoisotopic (exact) mass is 286 g/mol. The number of nitro groups is 1. The summed E-state index contributed by atoms with van der Waals surface area (Å²) in [5.41, 5.74) is 2.94. The first kappa shape index (κ1) is 14.9. The maximum atomic E-state index is 10.6. The summed E-state index contributed by atoms with van der Waals surface area (Å²) in [6.45, 7) is 6.63. The number of aryl methyl sites for hydroxylation is 1. The zero-order valence-corrected chi connectivity index (χ0v) is 12.3. The van der Waals surface area contributed by atoms with E-state index >= 15 is 0 Å². The van der Waals surface area contributed by atoms with Gasteiger partial charge in [0.2, 0.25) is 5.95 Å². The normalized spacial score (nSPS) is 10.7. The van der Waals surface area contributed by atoms with Crippen molar-refractivity contribution in [1.29, 1.82) is 0 Å². The largest absolute Gasteiger partial charge is 0.350 e. The zero-order chi connectivity index (χ0) is 15.4. The molecule has 1 aromatic heterocycles. The van der Waals surface area contributed by atoms with Crippen LogP contribution in [-0.4, -0.2) is 14.9 Å². The lowest BCUT2D eigenvalue weighted by Gasteiger charge is -2.10. The summed E-state index contributed by atoms with van der Waals surface area (Å²) in [7, 11) is 0. The molecule has 0 unspecified atom stereocenters. The highest BCUT2D eigenvalue weighted by atomic mass is 16.6. The van der Waals surface area contributed by atoms with Crippen molar-refractivity contribution in [2.75, 3.05) is 5.32 Å². The van der Waals surface area contributed by atoms with Crippen molar-refractivity contribution in [3.05, 3.63) is 57.4 Å². The molecule has 0 saturated carbocycles. The highest BCUT2D eigenvalue weighted by Crippen LogP contribution is 2.16. The van der Waals surface area contributed by atoms with Gasteiger partial charge in [-0.2, -0.15) is 0 Å². The van der Waals surface area contributed by atoms with Gasteiger partial charge in [-0.15, -0.1) is 0 Å². The van der Waals surface area contributed by atoms with Crippen molar-refractivity contribution in [2.45, 2.75) is 33.2 Å². The number of non-ortho nitro benzene ring substituents is 1. The SMILES string of the molecule is Cc1cc(C(C)C)nc(NCc2ccc([N+](=O)[O-])cc2)n1. The molecule has 0 aliphatic carbocycles. The minimum Gasteiger partial charge on any atom is -0.350 e. The van der Waals surface area contributed by atoms with Crippen LogP contribution in [0, 0.1) is 17.0 Å². The van der Waals surface area contributed by atoms with E-state index in [2.05, 4.69) is 29.1 Å². The molecular formula is C15H18N4O2. The average molecular weight is 286 g/mol. The Labute approximate surface area is 123 Å². The Morgan fingerprint density at radius 2 is 1.90 bits per heavy atom. The third-order valence-electron chi connectivity index (χ3n) is 3.06. The van der Waals surface area contributed by atoms with E-state index in [1.807, 2.05) is 13.0 Å². The van der Waals surface area contributed by atoms with Crippen LogP contribution < -0.4 is 5.32 Å². The second kappa shape index (κ2) is 6.30. The fourth-order valence-electron chi connectivity index (χ4n) is 1.88. The summed E-state index contributed by atoms with van der Waals surface area (Å²) in [5, 5.41) is 13.8. The highest BCUT2D eigenvalue weighted by molar-refractivity contribution is 5.35. The molecule has 0 saturated heterocycles. The lowest BCUT2D eigenvalue weighted by atomic mass is 10.1. The standard InChI is InChI=1S/C15H18N4O2/c1-10(2)14-8-11(3)17-15(18-14)16-9-12-4-6-13(7-5-12)19(20)21/h4-8,10H,9H2,1-3H3,(H,16,17,18). The molecule has 21 heavy (non-hydrogen) atoms. The van der Waals surface area contributed by atoms with Crippen molar-refractivity contribution in [3.8, 4) is 0 Å². The van der Waals surface area contributed by atoms with Gasteiger partial charge < -0.3 is 5.32 Å². The van der Waals surface area contributed by atoms with Gasteiger partial charge in [-0.3, -0.25) is 10.1 Å². The fraction of sp³-hybridized carbons (Fsp3) is 0.333. The summed E-state index contributed by atoms with van der Waals surface area (Å²) < 4.78 is 0. The van der Waals surface area contributed by atoms with Gasteiger partial charge >= 0.3 is 0 Å². The quantitative estimate of drug-likeness (QED) is 0.672. The lowest BCUT2D eigenvalue weighted by Crippen LogP contribution is -2.07. The number of nitro benzene ring substituents is 1. The first-order valence-corrected chi connectivity index (χ1v) is 6.78.